The van der Waals surface area contributed by atoms with Gasteiger partial charge in [0.15, 0.2) is 6.61 Å². The van der Waals surface area contributed by atoms with Crippen molar-refractivity contribution in [2.45, 2.75) is 12.8 Å². The molecule has 2 aromatic carbocycles. The molecule has 1 aliphatic rings. The van der Waals surface area contributed by atoms with Crippen molar-refractivity contribution in [3.8, 4) is 11.5 Å². The number of amides is 1. The van der Waals surface area contributed by atoms with E-state index in [1.807, 2.05) is 12.1 Å². The minimum Gasteiger partial charge on any atom is -0.493 e. The van der Waals surface area contributed by atoms with E-state index in [1.165, 1.54) is 17.7 Å². The summed E-state index contributed by atoms with van der Waals surface area (Å²) in [6.45, 7) is 0.340. The molecule has 1 saturated carbocycles. The number of nitrogens with zero attached hydrogens (tertiary/aromatic N) is 1. The number of ether oxygens (including phenoxy) is 2. The van der Waals surface area contributed by atoms with Crippen molar-refractivity contribution in [2.75, 3.05) is 25.2 Å². The Labute approximate surface area is 152 Å². The van der Waals surface area contributed by atoms with Crippen molar-refractivity contribution in [3.05, 3.63) is 54.1 Å². The Hall–Kier alpha value is -3.02. The monoisotopic (exact) mass is 355 g/mol. The molecule has 1 amide bonds. The van der Waals surface area contributed by atoms with E-state index in [9.17, 15) is 9.59 Å². The molecule has 0 aliphatic heterocycles. The molecule has 136 valence electrons. The number of aliphatic carboxylic acids is 1. The van der Waals surface area contributed by atoms with Crippen LogP contribution in [0, 0.1) is 5.92 Å². The van der Waals surface area contributed by atoms with E-state index in [0.29, 0.717) is 22.9 Å². The van der Waals surface area contributed by atoms with Crippen LogP contribution >= 0.6 is 0 Å². The molecule has 0 aromatic heterocycles. The van der Waals surface area contributed by atoms with Crippen LogP contribution in [0.5, 0.6) is 11.5 Å². The highest BCUT2D eigenvalue weighted by atomic mass is 16.5. The zero-order valence-electron chi connectivity index (χ0n) is 14.6. The summed E-state index contributed by atoms with van der Waals surface area (Å²) in [5.74, 6) is 0.721. The zero-order chi connectivity index (χ0) is 18.5. The lowest BCUT2D eigenvalue weighted by Gasteiger charge is -2.18. The quantitative estimate of drug-likeness (QED) is 0.787. The van der Waals surface area contributed by atoms with E-state index in [4.69, 9.17) is 14.6 Å². The molecular weight excluding hydrogens is 334 g/mol. The number of carbonyl (C=O) groups excluding carboxylic acids is 1. The highest BCUT2D eigenvalue weighted by Gasteiger charge is 2.22. The molecule has 0 radical (unpaired) electrons. The van der Waals surface area contributed by atoms with Gasteiger partial charge in [-0.25, -0.2) is 4.79 Å². The minimum absolute atomic E-state index is 0.141. The third-order valence-corrected chi connectivity index (χ3v) is 4.17. The van der Waals surface area contributed by atoms with E-state index >= 15 is 0 Å². The van der Waals surface area contributed by atoms with Gasteiger partial charge >= 0.3 is 5.97 Å². The van der Waals surface area contributed by atoms with E-state index < -0.39 is 12.6 Å². The van der Waals surface area contributed by atoms with E-state index in [1.54, 1.807) is 43.4 Å². The highest BCUT2D eigenvalue weighted by Crippen LogP contribution is 2.29. The Morgan fingerprint density at radius 3 is 2.15 bits per heavy atom. The number of anilines is 1. The first-order chi connectivity index (χ1) is 12.5. The van der Waals surface area contributed by atoms with Crippen LogP contribution in [-0.2, 0) is 4.79 Å². The highest BCUT2D eigenvalue weighted by molar-refractivity contribution is 6.05. The van der Waals surface area contributed by atoms with Crippen LogP contribution in [-0.4, -0.2) is 37.2 Å². The lowest BCUT2D eigenvalue weighted by Crippen LogP contribution is -2.26. The summed E-state index contributed by atoms with van der Waals surface area (Å²) < 4.78 is 10.8. The summed E-state index contributed by atoms with van der Waals surface area (Å²) in [4.78, 5) is 24.6. The predicted octanol–water partition coefficient (Wildman–Crippen LogP) is 3.22. The smallest absolute Gasteiger partial charge is 0.341 e. The van der Waals surface area contributed by atoms with Gasteiger partial charge in [-0.15, -0.1) is 0 Å². The van der Waals surface area contributed by atoms with Gasteiger partial charge in [0.05, 0.1) is 6.61 Å². The number of rotatable bonds is 8. The number of hydrogen-bond acceptors (Lipinski definition) is 4. The first-order valence-electron chi connectivity index (χ1n) is 8.48. The number of carboxylic acid groups (broad SMARTS) is 1. The third kappa shape index (κ3) is 4.75. The largest absolute Gasteiger partial charge is 0.493 e. The van der Waals surface area contributed by atoms with Crippen LogP contribution in [0.15, 0.2) is 48.5 Å². The van der Waals surface area contributed by atoms with E-state index in [-0.39, 0.29) is 5.91 Å². The van der Waals surface area contributed by atoms with Gasteiger partial charge in [-0.2, -0.15) is 0 Å². The molecule has 2 aromatic rings. The predicted molar refractivity (Wildman–Crippen MR) is 97.0 cm³/mol. The summed E-state index contributed by atoms with van der Waals surface area (Å²) in [6.07, 6.45) is 2.48. The Balaban J connectivity index is 1.60. The van der Waals surface area contributed by atoms with Gasteiger partial charge in [0, 0.05) is 18.3 Å². The van der Waals surface area contributed by atoms with Crippen molar-refractivity contribution < 1.29 is 24.2 Å². The van der Waals surface area contributed by atoms with Crippen molar-refractivity contribution in [3.63, 3.8) is 0 Å². The van der Waals surface area contributed by atoms with Crippen LogP contribution in [0.25, 0.3) is 0 Å². The second-order valence-corrected chi connectivity index (χ2v) is 6.32. The summed E-state index contributed by atoms with van der Waals surface area (Å²) in [7, 11) is 1.69. The average molecular weight is 355 g/mol. The standard InChI is InChI=1S/C20H21NO5/c1-21(16-6-10-18(11-7-16)26-13-19(22)23)20(24)15-4-8-17(9-5-15)25-12-14-2-3-14/h4-11,14H,2-3,12-13H2,1H3,(H,22,23). The fourth-order valence-electron chi connectivity index (χ4n) is 2.41. The Bertz CT molecular complexity index is 766. The topological polar surface area (TPSA) is 76.1 Å². The van der Waals surface area contributed by atoms with Crippen LogP contribution < -0.4 is 14.4 Å². The Morgan fingerprint density at radius 2 is 1.58 bits per heavy atom. The maximum atomic E-state index is 12.6. The van der Waals surface area contributed by atoms with Crippen molar-refractivity contribution >= 4 is 17.6 Å². The normalized spacial score (nSPS) is 13.1. The molecule has 0 unspecified atom stereocenters. The van der Waals surface area contributed by atoms with Crippen LogP contribution in [0.1, 0.15) is 23.2 Å². The maximum absolute atomic E-state index is 12.6. The molecule has 0 atom stereocenters. The molecule has 1 fully saturated rings. The Morgan fingerprint density at radius 1 is 1.00 bits per heavy atom. The molecule has 0 saturated heterocycles. The number of carbonyl (C=O) groups is 2. The molecule has 0 bridgehead atoms. The molecule has 6 nitrogen and oxygen atoms in total. The molecule has 6 heteroatoms. The SMILES string of the molecule is CN(C(=O)c1ccc(OCC2CC2)cc1)c1ccc(OCC(=O)O)cc1. The fourth-order valence-corrected chi connectivity index (χ4v) is 2.41. The number of hydrogen-bond donors (Lipinski definition) is 1. The molecule has 0 heterocycles. The van der Waals surface area contributed by atoms with Crippen LogP contribution in [0.2, 0.25) is 0 Å². The van der Waals surface area contributed by atoms with E-state index in [0.717, 1.165) is 12.4 Å². The second kappa shape index (κ2) is 7.91. The summed E-state index contributed by atoms with van der Waals surface area (Å²) in [5.41, 5.74) is 1.25. The second-order valence-electron chi connectivity index (χ2n) is 6.32. The Kier molecular flexibility index (Phi) is 5.41. The fraction of sp³-hybridized carbons (Fsp3) is 0.300. The first kappa shape index (κ1) is 17.8. The van der Waals surface area contributed by atoms with Crippen LogP contribution in [0.3, 0.4) is 0 Å². The van der Waals surface area contributed by atoms with Gasteiger partial charge in [0.25, 0.3) is 5.91 Å². The lowest BCUT2D eigenvalue weighted by molar-refractivity contribution is -0.139. The third-order valence-electron chi connectivity index (χ3n) is 4.17. The summed E-state index contributed by atoms with van der Waals surface area (Å²) in [5, 5.41) is 8.61. The van der Waals surface area contributed by atoms with Crippen molar-refractivity contribution in [2.24, 2.45) is 5.92 Å². The first-order valence-corrected chi connectivity index (χ1v) is 8.48. The molecule has 1 N–H and O–H groups in total. The number of carboxylic acids is 1. The molecule has 3 rings (SSSR count). The number of benzene rings is 2. The zero-order valence-corrected chi connectivity index (χ0v) is 14.6. The summed E-state index contributed by atoms with van der Waals surface area (Å²) >= 11 is 0. The average Bonchev–Trinajstić information content (AvgIpc) is 3.49. The molecular formula is C20H21NO5. The van der Waals surface area contributed by atoms with Crippen LogP contribution in [0.4, 0.5) is 5.69 Å². The molecule has 0 spiro atoms. The molecule has 26 heavy (non-hydrogen) atoms. The lowest BCUT2D eigenvalue weighted by atomic mass is 10.2. The van der Waals surface area contributed by atoms with Gasteiger partial charge in [-0.3, -0.25) is 4.79 Å². The van der Waals surface area contributed by atoms with Gasteiger partial charge < -0.3 is 19.5 Å². The van der Waals surface area contributed by atoms with Crippen molar-refractivity contribution in [1.82, 2.24) is 0 Å². The minimum atomic E-state index is -1.04. The van der Waals surface area contributed by atoms with Gasteiger partial charge in [-0.1, -0.05) is 0 Å². The van der Waals surface area contributed by atoms with Gasteiger partial charge in [-0.05, 0) is 67.3 Å². The maximum Gasteiger partial charge on any atom is 0.341 e. The molecule has 1 aliphatic carbocycles. The van der Waals surface area contributed by atoms with Gasteiger partial charge in [0.1, 0.15) is 11.5 Å². The van der Waals surface area contributed by atoms with Gasteiger partial charge in [0.2, 0.25) is 0 Å². The van der Waals surface area contributed by atoms with E-state index in [2.05, 4.69) is 0 Å². The van der Waals surface area contributed by atoms with Crippen molar-refractivity contribution in [1.29, 1.82) is 0 Å². The summed E-state index contributed by atoms with van der Waals surface area (Å²) in [6, 6.07) is 13.8.